The molecule has 0 radical (unpaired) electrons. The fraction of sp³-hybridized carbons (Fsp3) is 0.633. The fourth-order valence-electron chi connectivity index (χ4n) is 5.13. The van der Waals surface area contributed by atoms with Crippen LogP contribution in [0.1, 0.15) is 77.6 Å². The first-order valence-corrected chi connectivity index (χ1v) is 14.1. The molecule has 1 aromatic carbocycles. The minimum Gasteiger partial charge on any atom is -0.494 e. The van der Waals surface area contributed by atoms with E-state index in [9.17, 15) is 14.4 Å². The summed E-state index contributed by atoms with van der Waals surface area (Å²) in [6.07, 6.45) is 4.51. The molecule has 1 aromatic heterocycles. The quantitative estimate of drug-likeness (QED) is 0.389. The van der Waals surface area contributed by atoms with Crippen LogP contribution < -0.4 is 10.2 Å². The lowest BCUT2D eigenvalue weighted by Gasteiger charge is -2.41. The lowest BCUT2D eigenvalue weighted by atomic mass is 10.0. The minimum absolute atomic E-state index is 0.140. The van der Waals surface area contributed by atoms with Crippen LogP contribution in [-0.2, 0) is 16.0 Å². The van der Waals surface area contributed by atoms with Crippen LogP contribution in [0.15, 0.2) is 29.2 Å². The number of amides is 2. The largest absolute Gasteiger partial charge is 0.494 e. The number of likely N-dealkylation sites (tertiary alicyclic amines) is 1. The highest BCUT2D eigenvalue weighted by molar-refractivity contribution is 5.98. The van der Waals surface area contributed by atoms with Gasteiger partial charge in [0, 0.05) is 57.0 Å². The summed E-state index contributed by atoms with van der Waals surface area (Å²) >= 11 is 0. The normalized spacial score (nSPS) is 16.0. The van der Waals surface area contributed by atoms with Crippen molar-refractivity contribution in [2.45, 2.75) is 91.5 Å². The van der Waals surface area contributed by atoms with Gasteiger partial charge in [0.2, 0.25) is 5.43 Å². The summed E-state index contributed by atoms with van der Waals surface area (Å²) in [4.78, 5) is 44.0. The Morgan fingerprint density at radius 2 is 1.92 bits per heavy atom. The van der Waals surface area contributed by atoms with Crippen LogP contribution in [0, 0.1) is 0 Å². The minimum atomic E-state index is -0.598. The van der Waals surface area contributed by atoms with Gasteiger partial charge in [0.05, 0.1) is 18.2 Å². The number of fused-ring (bicyclic) bond motifs is 1. The van der Waals surface area contributed by atoms with E-state index in [0.29, 0.717) is 44.0 Å². The maximum atomic E-state index is 14.1. The Morgan fingerprint density at radius 1 is 1.18 bits per heavy atom. The highest BCUT2D eigenvalue weighted by Crippen LogP contribution is 2.24. The van der Waals surface area contributed by atoms with Gasteiger partial charge in [-0.3, -0.25) is 9.59 Å². The number of unbranched alkanes of at least 4 members (excludes halogenated alkanes) is 1. The molecule has 2 heterocycles. The molecule has 2 aromatic rings. The summed E-state index contributed by atoms with van der Waals surface area (Å²) in [6.45, 7) is 14.1. The summed E-state index contributed by atoms with van der Waals surface area (Å²) in [5.74, 6) is 0.370. The van der Waals surface area contributed by atoms with Crippen LogP contribution >= 0.6 is 0 Å². The van der Waals surface area contributed by atoms with Gasteiger partial charge in [-0.1, -0.05) is 0 Å². The summed E-state index contributed by atoms with van der Waals surface area (Å²) < 4.78 is 18.5. The topological polar surface area (TPSA) is 90.3 Å². The van der Waals surface area contributed by atoms with Crippen molar-refractivity contribution in [3.8, 4) is 5.75 Å². The predicted octanol–water partition coefficient (Wildman–Crippen LogP) is 5.08. The first-order valence-electron chi connectivity index (χ1n) is 14.1. The Kier molecular flexibility index (Phi) is 10.4. The Balaban J connectivity index is 1.98. The van der Waals surface area contributed by atoms with Crippen LogP contribution in [0.4, 0.5) is 4.79 Å². The molecule has 0 unspecified atom stereocenters. The number of methoxy groups -OCH3 is 1. The van der Waals surface area contributed by atoms with E-state index in [-0.39, 0.29) is 35.1 Å². The number of carbonyl (C=O) groups excluding carboxylic acids is 2. The number of pyridine rings is 1. The number of hydrogen-bond donors (Lipinski definition) is 0. The van der Waals surface area contributed by atoms with Crippen LogP contribution in [-0.4, -0.2) is 77.5 Å². The van der Waals surface area contributed by atoms with E-state index in [2.05, 4.69) is 0 Å². The first kappa shape index (κ1) is 30.5. The number of ether oxygens (including phenoxy) is 3. The van der Waals surface area contributed by atoms with Crippen molar-refractivity contribution in [1.82, 2.24) is 14.4 Å². The third-order valence-electron chi connectivity index (χ3n) is 6.82. The van der Waals surface area contributed by atoms with Crippen LogP contribution in [0.2, 0.25) is 0 Å². The molecule has 216 valence electrons. The molecule has 2 amide bonds. The zero-order chi connectivity index (χ0) is 28.7. The van der Waals surface area contributed by atoms with Crippen molar-refractivity contribution in [2.24, 2.45) is 0 Å². The van der Waals surface area contributed by atoms with E-state index in [4.69, 9.17) is 14.2 Å². The molecule has 1 aliphatic rings. The van der Waals surface area contributed by atoms with Gasteiger partial charge in [-0.15, -0.1) is 0 Å². The molecular formula is C30H45N3O6. The van der Waals surface area contributed by atoms with E-state index in [1.807, 2.05) is 52.2 Å². The zero-order valence-electron chi connectivity index (χ0n) is 24.6. The molecule has 1 fully saturated rings. The summed E-state index contributed by atoms with van der Waals surface area (Å²) in [5.41, 5.74) is -0.0121. The summed E-state index contributed by atoms with van der Waals surface area (Å²) in [6, 6.07) is 5.01. The predicted molar refractivity (Wildman–Crippen MR) is 153 cm³/mol. The molecule has 1 atom stereocenters. The number of rotatable bonds is 10. The van der Waals surface area contributed by atoms with Gasteiger partial charge in [-0.25, -0.2) is 4.79 Å². The fourth-order valence-corrected chi connectivity index (χ4v) is 5.13. The molecule has 0 spiro atoms. The van der Waals surface area contributed by atoms with Crippen LogP contribution in [0.5, 0.6) is 5.75 Å². The van der Waals surface area contributed by atoms with Crippen LogP contribution in [0.25, 0.3) is 10.9 Å². The van der Waals surface area contributed by atoms with Gasteiger partial charge in [-0.2, -0.15) is 0 Å². The molecule has 0 saturated carbocycles. The molecule has 0 bridgehead atoms. The van der Waals surface area contributed by atoms with Gasteiger partial charge >= 0.3 is 6.09 Å². The van der Waals surface area contributed by atoms with Crippen LogP contribution in [0.3, 0.4) is 0 Å². The van der Waals surface area contributed by atoms with Crippen molar-refractivity contribution in [3.05, 3.63) is 40.2 Å². The molecule has 0 aliphatic carbocycles. The Bertz CT molecular complexity index is 1200. The smallest absolute Gasteiger partial charge is 0.410 e. The van der Waals surface area contributed by atoms with E-state index < -0.39 is 5.60 Å². The number of aryl methyl sites for hydroxylation is 1. The van der Waals surface area contributed by atoms with E-state index in [1.54, 1.807) is 35.2 Å². The Hall–Kier alpha value is -3.07. The molecule has 9 heteroatoms. The number of carbonyl (C=O) groups is 2. The molecule has 9 nitrogen and oxygen atoms in total. The van der Waals surface area contributed by atoms with E-state index in [1.165, 1.54) is 0 Å². The van der Waals surface area contributed by atoms with Crippen molar-refractivity contribution >= 4 is 22.9 Å². The third kappa shape index (κ3) is 7.75. The monoisotopic (exact) mass is 543 g/mol. The van der Waals surface area contributed by atoms with Gasteiger partial charge in [0.15, 0.2) is 0 Å². The molecule has 39 heavy (non-hydrogen) atoms. The molecule has 3 rings (SSSR count). The Morgan fingerprint density at radius 3 is 2.56 bits per heavy atom. The maximum Gasteiger partial charge on any atom is 0.410 e. The lowest BCUT2D eigenvalue weighted by molar-refractivity contribution is 0.00748. The van der Waals surface area contributed by atoms with Gasteiger partial charge in [0.25, 0.3) is 5.91 Å². The zero-order valence-corrected chi connectivity index (χ0v) is 24.6. The molecule has 1 aliphatic heterocycles. The highest BCUT2D eigenvalue weighted by Gasteiger charge is 2.35. The number of benzene rings is 1. The standard InChI is InChI=1S/C30H45N3O6/c1-8-38-23-13-14-24-26(18-23)31(15-9-10-17-37-7)20-25(27(24)34)28(35)33(21(2)3)22-12-11-16-32(19-22)29(36)39-30(4,5)6/h13-14,18,20-22H,8-12,15-17,19H2,1-7H3/t22-/m1/s1. The second kappa shape index (κ2) is 13.3. The van der Waals surface area contributed by atoms with Gasteiger partial charge in [0.1, 0.15) is 16.9 Å². The second-order valence-corrected chi connectivity index (χ2v) is 11.4. The third-order valence-corrected chi connectivity index (χ3v) is 6.82. The summed E-state index contributed by atoms with van der Waals surface area (Å²) in [5, 5.41) is 0.485. The van der Waals surface area contributed by atoms with Crippen molar-refractivity contribution in [3.63, 3.8) is 0 Å². The number of hydrogen-bond acceptors (Lipinski definition) is 6. The number of aromatic nitrogens is 1. The number of nitrogens with zero attached hydrogens (tertiary/aromatic N) is 3. The second-order valence-electron chi connectivity index (χ2n) is 11.4. The molecule has 1 saturated heterocycles. The SMILES string of the molecule is CCOc1ccc2c(=O)c(C(=O)N(C(C)C)[C@@H]3CCCN(C(=O)OC(C)(C)C)C3)cn(CCCCOC)c2c1. The number of piperidine rings is 1. The van der Waals surface area contributed by atoms with Crippen molar-refractivity contribution in [1.29, 1.82) is 0 Å². The maximum absolute atomic E-state index is 14.1. The average molecular weight is 544 g/mol. The lowest BCUT2D eigenvalue weighted by Crippen LogP contribution is -2.55. The van der Waals surface area contributed by atoms with Gasteiger partial charge in [-0.05, 0) is 79.4 Å². The van der Waals surface area contributed by atoms with E-state index >= 15 is 0 Å². The highest BCUT2D eigenvalue weighted by atomic mass is 16.6. The molecule has 0 N–H and O–H groups in total. The summed E-state index contributed by atoms with van der Waals surface area (Å²) in [7, 11) is 1.68. The van der Waals surface area contributed by atoms with Crippen molar-refractivity contribution < 1.29 is 23.8 Å². The average Bonchev–Trinajstić information content (AvgIpc) is 2.87. The van der Waals surface area contributed by atoms with Crippen molar-refractivity contribution in [2.75, 3.05) is 33.4 Å². The van der Waals surface area contributed by atoms with Gasteiger partial charge < -0.3 is 28.6 Å². The Labute approximate surface area is 232 Å². The van der Waals surface area contributed by atoms with E-state index in [0.717, 1.165) is 31.2 Å². The molecular weight excluding hydrogens is 498 g/mol. The first-order chi connectivity index (χ1) is 18.5.